The second kappa shape index (κ2) is 8.73. The van der Waals surface area contributed by atoms with Crippen LogP contribution in [0.4, 0.5) is 0 Å². The molecular weight excluding hydrogens is 290 g/mol. The molecule has 0 aliphatic heterocycles. The molecule has 2 aromatic carbocycles. The first-order valence-corrected chi connectivity index (χ1v) is 7.75. The van der Waals surface area contributed by atoms with Gasteiger partial charge in [0.15, 0.2) is 0 Å². The fourth-order valence-corrected chi connectivity index (χ4v) is 2.41. The molecule has 1 amide bonds. The number of carboxylic acid groups (broad SMARTS) is 1. The van der Waals surface area contributed by atoms with Crippen LogP contribution in [-0.4, -0.2) is 23.0 Å². The number of aliphatic carboxylic acids is 1. The first kappa shape index (κ1) is 16.7. The van der Waals surface area contributed by atoms with Crippen molar-refractivity contribution in [1.82, 2.24) is 5.32 Å². The summed E-state index contributed by atoms with van der Waals surface area (Å²) in [6.07, 6.45) is 2.13. The van der Waals surface area contributed by atoms with E-state index in [0.29, 0.717) is 19.3 Å². The number of aryl methyl sites for hydroxylation is 1. The van der Waals surface area contributed by atoms with Crippen LogP contribution in [-0.2, 0) is 22.4 Å². The highest BCUT2D eigenvalue weighted by atomic mass is 16.4. The lowest BCUT2D eigenvalue weighted by Crippen LogP contribution is -2.42. The Bertz CT molecular complexity index is 626. The minimum absolute atomic E-state index is 0.218. The van der Waals surface area contributed by atoms with Crippen molar-refractivity contribution < 1.29 is 14.7 Å². The van der Waals surface area contributed by atoms with Gasteiger partial charge in [-0.05, 0) is 24.0 Å². The highest BCUT2D eigenvalue weighted by molar-refractivity contribution is 5.83. The maximum absolute atomic E-state index is 12.0. The van der Waals surface area contributed by atoms with Gasteiger partial charge in [-0.15, -0.1) is 0 Å². The van der Waals surface area contributed by atoms with Gasteiger partial charge in [0.05, 0.1) is 0 Å². The molecule has 0 saturated carbocycles. The number of carboxylic acids is 1. The van der Waals surface area contributed by atoms with Gasteiger partial charge in [-0.1, -0.05) is 60.7 Å². The van der Waals surface area contributed by atoms with Crippen LogP contribution in [0.2, 0.25) is 0 Å². The molecule has 2 rings (SSSR count). The summed E-state index contributed by atoms with van der Waals surface area (Å²) in [5.74, 6) is -1.23. The number of carbonyl (C=O) groups excluding carboxylic acids is 1. The maximum Gasteiger partial charge on any atom is 0.326 e. The molecule has 0 aromatic heterocycles. The van der Waals surface area contributed by atoms with Gasteiger partial charge in [-0.2, -0.15) is 0 Å². The van der Waals surface area contributed by atoms with Crippen molar-refractivity contribution in [3.05, 3.63) is 71.8 Å². The van der Waals surface area contributed by atoms with Crippen LogP contribution in [0.25, 0.3) is 0 Å². The van der Waals surface area contributed by atoms with Gasteiger partial charge >= 0.3 is 5.97 Å². The smallest absolute Gasteiger partial charge is 0.326 e. The highest BCUT2D eigenvalue weighted by Gasteiger charge is 2.19. The van der Waals surface area contributed by atoms with E-state index in [0.717, 1.165) is 12.0 Å². The van der Waals surface area contributed by atoms with E-state index in [9.17, 15) is 14.7 Å². The van der Waals surface area contributed by atoms with Crippen molar-refractivity contribution in [3.63, 3.8) is 0 Å². The molecule has 0 spiro atoms. The molecule has 120 valence electrons. The van der Waals surface area contributed by atoms with Gasteiger partial charge in [0.25, 0.3) is 0 Å². The van der Waals surface area contributed by atoms with E-state index < -0.39 is 12.0 Å². The van der Waals surface area contributed by atoms with Gasteiger partial charge < -0.3 is 10.4 Å². The number of amides is 1. The zero-order valence-electron chi connectivity index (χ0n) is 12.9. The topological polar surface area (TPSA) is 66.4 Å². The minimum atomic E-state index is -1.01. The molecule has 0 unspecified atom stereocenters. The van der Waals surface area contributed by atoms with E-state index in [1.165, 1.54) is 5.56 Å². The second-order valence-corrected chi connectivity index (χ2v) is 5.49. The van der Waals surface area contributed by atoms with E-state index in [4.69, 9.17) is 0 Å². The molecule has 0 bridgehead atoms. The van der Waals surface area contributed by atoms with E-state index >= 15 is 0 Å². The largest absolute Gasteiger partial charge is 0.480 e. The minimum Gasteiger partial charge on any atom is -0.480 e. The van der Waals surface area contributed by atoms with Gasteiger partial charge in [0, 0.05) is 12.8 Å². The number of rotatable bonds is 8. The molecule has 2 N–H and O–H groups in total. The van der Waals surface area contributed by atoms with E-state index in [-0.39, 0.29) is 5.91 Å². The van der Waals surface area contributed by atoms with Crippen LogP contribution >= 0.6 is 0 Å². The van der Waals surface area contributed by atoms with Crippen LogP contribution in [0, 0.1) is 0 Å². The van der Waals surface area contributed by atoms with Crippen molar-refractivity contribution in [2.45, 2.75) is 31.7 Å². The van der Waals surface area contributed by atoms with Crippen molar-refractivity contribution in [2.75, 3.05) is 0 Å². The molecule has 1 atom stereocenters. The Balaban J connectivity index is 1.80. The van der Waals surface area contributed by atoms with Gasteiger partial charge in [-0.3, -0.25) is 4.79 Å². The molecule has 0 fully saturated rings. The molecule has 4 heteroatoms. The third-order valence-corrected chi connectivity index (χ3v) is 3.63. The molecular formula is C19H21NO3. The number of benzene rings is 2. The van der Waals surface area contributed by atoms with Crippen LogP contribution < -0.4 is 5.32 Å². The zero-order valence-corrected chi connectivity index (χ0v) is 12.9. The Morgan fingerprint density at radius 1 is 0.913 bits per heavy atom. The Hall–Kier alpha value is -2.62. The quantitative estimate of drug-likeness (QED) is 0.788. The SMILES string of the molecule is O=C(CCCc1ccccc1)N[C@H](Cc1ccccc1)C(=O)O. The van der Waals surface area contributed by atoms with E-state index in [2.05, 4.69) is 5.32 Å². The van der Waals surface area contributed by atoms with Gasteiger partial charge in [-0.25, -0.2) is 4.79 Å². The number of hydrogen-bond donors (Lipinski definition) is 2. The second-order valence-electron chi connectivity index (χ2n) is 5.49. The van der Waals surface area contributed by atoms with Crippen molar-refractivity contribution in [3.8, 4) is 0 Å². The Labute approximate surface area is 136 Å². The van der Waals surface area contributed by atoms with Crippen LogP contribution in [0.5, 0.6) is 0 Å². The standard InChI is InChI=1S/C19H21NO3/c21-18(13-7-12-15-8-3-1-4-9-15)20-17(19(22)23)14-16-10-5-2-6-11-16/h1-6,8-11,17H,7,12-14H2,(H,20,21)(H,22,23)/t17-/m1/s1. The Morgan fingerprint density at radius 3 is 2.04 bits per heavy atom. The summed E-state index contributed by atoms with van der Waals surface area (Å²) in [6.45, 7) is 0. The summed E-state index contributed by atoms with van der Waals surface area (Å²) in [5, 5.41) is 11.9. The van der Waals surface area contributed by atoms with Crippen molar-refractivity contribution in [2.24, 2.45) is 0 Å². The first-order chi connectivity index (χ1) is 11.1. The normalized spacial score (nSPS) is 11.7. The predicted octanol–water partition coefficient (Wildman–Crippen LogP) is 2.82. The number of nitrogens with one attached hydrogen (secondary N) is 1. The van der Waals surface area contributed by atoms with Gasteiger partial charge in [0.1, 0.15) is 6.04 Å². The van der Waals surface area contributed by atoms with Gasteiger partial charge in [0.2, 0.25) is 5.91 Å². The monoisotopic (exact) mass is 311 g/mol. The third kappa shape index (κ3) is 5.94. The number of carbonyl (C=O) groups is 2. The molecule has 23 heavy (non-hydrogen) atoms. The van der Waals surface area contributed by atoms with Crippen molar-refractivity contribution >= 4 is 11.9 Å². The molecule has 0 aliphatic rings. The third-order valence-electron chi connectivity index (χ3n) is 3.63. The first-order valence-electron chi connectivity index (χ1n) is 7.75. The fraction of sp³-hybridized carbons (Fsp3) is 0.263. The molecule has 0 saturated heterocycles. The van der Waals surface area contributed by atoms with Crippen LogP contribution in [0.15, 0.2) is 60.7 Å². The lowest BCUT2D eigenvalue weighted by molar-refractivity contribution is -0.141. The molecule has 0 aliphatic carbocycles. The summed E-state index contributed by atoms with van der Waals surface area (Å²) in [5.41, 5.74) is 2.07. The number of hydrogen-bond acceptors (Lipinski definition) is 2. The zero-order chi connectivity index (χ0) is 16.5. The summed E-state index contributed by atoms with van der Waals surface area (Å²) in [4.78, 5) is 23.3. The summed E-state index contributed by atoms with van der Waals surface area (Å²) in [7, 11) is 0. The molecule has 0 radical (unpaired) electrons. The lowest BCUT2D eigenvalue weighted by Gasteiger charge is -2.14. The van der Waals surface area contributed by atoms with E-state index in [1.807, 2.05) is 60.7 Å². The van der Waals surface area contributed by atoms with Crippen molar-refractivity contribution in [1.29, 1.82) is 0 Å². The maximum atomic E-state index is 12.0. The Morgan fingerprint density at radius 2 is 1.48 bits per heavy atom. The lowest BCUT2D eigenvalue weighted by atomic mass is 10.1. The molecule has 0 heterocycles. The summed E-state index contributed by atoms with van der Waals surface area (Å²) < 4.78 is 0. The summed E-state index contributed by atoms with van der Waals surface area (Å²) in [6, 6.07) is 18.4. The highest BCUT2D eigenvalue weighted by Crippen LogP contribution is 2.06. The Kier molecular flexibility index (Phi) is 6.36. The van der Waals surface area contributed by atoms with E-state index in [1.54, 1.807) is 0 Å². The molecule has 4 nitrogen and oxygen atoms in total. The fourth-order valence-electron chi connectivity index (χ4n) is 2.41. The van der Waals surface area contributed by atoms with Crippen LogP contribution in [0.1, 0.15) is 24.0 Å². The summed E-state index contributed by atoms with van der Waals surface area (Å²) >= 11 is 0. The average Bonchev–Trinajstić information content (AvgIpc) is 2.56. The average molecular weight is 311 g/mol. The predicted molar refractivity (Wildman–Crippen MR) is 89.1 cm³/mol. The molecule has 2 aromatic rings. The van der Waals surface area contributed by atoms with Crippen LogP contribution in [0.3, 0.4) is 0 Å².